The molecule has 0 N–H and O–H groups in total. The summed E-state index contributed by atoms with van der Waals surface area (Å²) < 4.78 is 38.1. The van der Waals surface area contributed by atoms with Crippen molar-refractivity contribution in [2.75, 3.05) is 0 Å². The van der Waals surface area contributed by atoms with Crippen LogP contribution in [0.4, 0.5) is 8.78 Å². The van der Waals surface area contributed by atoms with Gasteiger partial charge < -0.3 is 13.9 Å². The number of carbonyl (C=O) groups is 1. The van der Waals surface area contributed by atoms with E-state index in [-0.39, 0.29) is 12.4 Å². The molecule has 0 aliphatic carbocycles. The maximum atomic E-state index is 12.0. The summed E-state index contributed by atoms with van der Waals surface area (Å²) in [5.74, 6) is 0.0760. The first kappa shape index (κ1) is 14.8. The van der Waals surface area contributed by atoms with Crippen LogP contribution in [0.1, 0.15) is 11.3 Å². The Kier molecular flexibility index (Phi) is 5.09. The zero-order valence-electron chi connectivity index (χ0n) is 10.9. The quantitative estimate of drug-likeness (QED) is 0.603. The molecule has 2 aromatic rings. The molecule has 1 aromatic heterocycles. The van der Waals surface area contributed by atoms with Crippen LogP contribution in [0.2, 0.25) is 0 Å². The van der Waals surface area contributed by atoms with Crippen LogP contribution in [0.3, 0.4) is 0 Å². The lowest BCUT2D eigenvalue weighted by atomic mass is 10.2. The summed E-state index contributed by atoms with van der Waals surface area (Å²) in [6.45, 7) is -2.81. The van der Waals surface area contributed by atoms with Crippen LogP contribution in [-0.4, -0.2) is 12.6 Å². The molecule has 0 aliphatic rings. The number of benzene rings is 1. The van der Waals surface area contributed by atoms with E-state index in [1.807, 2.05) is 0 Å². The summed E-state index contributed by atoms with van der Waals surface area (Å²) in [7, 11) is 0. The number of furan rings is 1. The molecule has 0 aliphatic heterocycles. The standard InChI is InChI=1S/C15H12F2O4/c16-15(17)21-12-6-3-11(4-7-12)5-8-14(18)20-10-13-2-1-9-19-13/h1-9,15H,10H2/b8-5+. The van der Waals surface area contributed by atoms with Gasteiger partial charge in [-0.3, -0.25) is 0 Å². The molecule has 2 rings (SSSR count). The van der Waals surface area contributed by atoms with Gasteiger partial charge in [0.1, 0.15) is 18.1 Å². The minimum atomic E-state index is -2.86. The van der Waals surface area contributed by atoms with Gasteiger partial charge in [-0.05, 0) is 35.9 Å². The molecule has 0 bridgehead atoms. The van der Waals surface area contributed by atoms with E-state index in [1.54, 1.807) is 24.3 Å². The summed E-state index contributed by atoms with van der Waals surface area (Å²) in [5, 5.41) is 0. The van der Waals surface area contributed by atoms with Gasteiger partial charge in [-0.15, -0.1) is 0 Å². The third-order valence-corrected chi connectivity index (χ3v) is 2.45. The highest BCUT2D eigenvalue weighted by atomic mass is 19.3. The van der Waals surface area contributed by atoms with Gasteiger partial charge in [0, 0.05) is 6.08 Å². The van der Waals surface area contributed by atoms with Crippen LogP contribution in [0.15, 0.2) is 53.2 Å². The van der Waals surface area contributed by atoms with Crippen LogP contribution in [-0.2, 0) is 16.1 Å². The second-order valence-corrected chi connectivity index (χ2v) is 3.97. The van der Waals surface area contributed by atoms with Crippen molar-refractivity contribution in [3.05, 3.63) is 60.1 Å². The third-order valence-electron chi connectivity index (χ3n) is 2.45. The molecule has 6 heteroatoms. The van der Waals surface area contributed by atoms with Crippen molar-refractivity contribution in [3.63, 3.8) is 0 Å². The molecule has 0 fully saturated rings. The van der Waals surface area contributed by atoms with Crippen molar-refractivity contribution >= 4 is 12.0 Å². The van der Waals surface area contributed by atoms with E-state index < -0.39 is 12.6 Å². The van der Waals surface area contributed by atoms with Gasteiger partial charge in [0.25, 0.3) is 0 Å². The predicted octanol–water partition coefficient (Wildman–Crippen LogP) is 3.64. The molecule has 1 heterocycles. The van der Waals surface area contributed by atoms with E-state index in [0.717, 1.165) is 0 Å². The second kappa shape index (κ2) is 7.23. The summed E-state index contributed by atoms with van der Waals surface area (Å²) in [4.78, 5) is 11.4. The minimum Gasteiger partial charge on any atom is -0.466 e. The Morgan fingerprint density at radius 3 is 2.62 bits per heavy atom. The summed E-state index contributed by atoms with van der Waals surface area (Å²) in [6.07, 6.45) is 4.24. The largest absolute Gasteiger partial charge is 0.466 e. The van der Waals surface area contributed by atoms with Gasteiger partial charge in [-0.25, -0.2) is 4.79 Å². The maximum Gasteiger partial charge on any atom is 0.387 e. The molecule has 0 atom stereocenters. The Balaban J connectivity index is 1.83. The topological polar surface area (TPSA) is 48.7 Å². The molecule has 0 amide bonds. The predicted molar refractivity (Wildman–Crippen MR) is 70.6 cm³/mol. The fourth-order valence-corrected chi connectivity index (χ4v) is 1.51. The lowest BCUT2D eigenvalue weighted by Gasteiger charge is -2.03. The average molecular weight is 294 g/mol. The maximum absolute atomic E-state index is 12.0. The first-order valence-electron chi connectivity index (χ1n) is 6.05. The minimum absolute atomic E-state index is 0.0529. The normalized spacial score (nSPS) is 11.0. The molecule has 21 heavy (non-hydrogen) atoms. The Bertz CT molecular complexity index is 589. The highest BCUT2D eigenvalue weighted by Crippen LogP contribution is 2.15. The number of halogens is 2. The summed E-state index contributed by atoms with van der Waals surface area (Å²) >= 11 is 0. The van der Waals surface area contributed by atoms with Gasteiger partial charge in [0.2, 0.25) is 0 Å². The SMILES string of the molecule is O=C(/C=C/c1ccc(OC(F)F)cc1)OCc1ccco1. The van der Waals surface area contributed by atoms with Crippen LogP contribution in [0, 0.1) is 0 Å². The summed E-state index contributed by atoms with van der Waals surface area (Å²) in [6, 6.07) is 9.27. The Morgan fingerprint density at radius 2 is 2.00 bits per heavy atom. The highest BCUT2D eigenvalue weighted by Gasteiger charge is 2.03. The second-order valence-electron chi connectivity index (χ2n) is 3.97. The molecule has 0 radical (unpaired) electrons. The van der Waals surface area contributed by atoms with E-state index >= 15 is 0 Å². The van der Waals surface area contributed by atoms with Crippen LogP contribution in [0.25, 0.3) is 6.08 Å². The molecular weight excluding hydrogens is 282 g/mol. The smallest absolute Gasteiger partial charge is 0.387 e. The lowest BCUT2D eigenvalue weighted by molar-refractivity contribution is -0.139. The average Bonchev–Trinajstić information content (AvgIpc) is 2.97. The Morgan fingerprint density at radius 1 is 1.24 bits per heavy atom. The Hall–Kier alpha value is -2.63. The molecule has 0 saturated heterocycles. The molecular formula is C15H12F2O4. The van der Waals surface area contributed by atoms with Gasteiger partial charge in [0.15, 0.2) is 0 Å². The van der Waals surface area contributed by atoms with Crippen LogP contribution in [0.5, 0.6) is 5.75 Å². The van der Waals surface area contributed by atoms with Gasteiger partial charge >= 0.3 is 12.6 Å². The number of hydrogen-bond acceptors (Lipinski definition) is 4. The van der Waals surface area contributed by atoms with E-state index in [0.29, 0.717) is 11.3 Å². The number of carbonyl (C=O) groups excluding carboxylic acids is 1. The molecule has 0 spiro atoms. The molecule has 0 unspecified atom stereocenters. The van der Waals surface area contributed by atoms with Crippen molar-refractivity contribution < 1.29 is 27.5 Å². The fraction of sp³-hybridized carbons (Fsp3) is 0.133. The van der Waals surface area contributed by atoms with Gasteiger partial charge in [-0.2, -0.15) is 8.78 Å². The number of rotatable bonds is 6. The number of esters is 1. The molecule has 1 aromatic carbocycles. The zero-order valence-corrected chi connectivity index (χ0v) is 10.9. The molecule has 110 valence electrons. The monoisotopic (exact) mass is 294 g/mol. The Labute approximate surface area is 119 Å². The third kappa shape index (κ3) is 5.10. The van der Waals surface area contributed by atoms with E-state index in [9.17, 15) is 13.6 Å². The van der Waals surface area contributed by atoms with Crippen molar-refractivity contribution in [2.45, 2.75) is 13.2 Å². The zero-order chi connectivity index (χ0) is 15.1. The first-order valence-corrected chi connectivity index (χ1v) is 6.05. The fourth-order valence-electron chi connectivity index (χ4n) is 1.51. The van der Waals surface area contributed by atoms with Crippen molar-refractivity contribution in [2.24, 2.45) is 0 Å². The van der Waals surface area contributed by atoms with Crippen LogP contribution >= 0.6 is 0 Å². The lowest BCUT2D eigenvalue weighted by Crippen LogP contribution is -2.01. The number of hydrogen-bond donors (Lipinski definition) is 0. The molecule has 0 saturated carbocycles. The summed E-state index contributed by atoms with van der Waals surface area (Å²) in [5.41, 5.74) is 0.659. The highest BCUT2D eigenvalue weighted by molar-refractivity contribution is 5.87. The van der Waals surface area contributed by atoms with Gasteiger partial charge in [0.05, 0.1) is 6.26 Å². The van der Waals surface area contributed by atoms with E-state index in [4.69, 9.17) is 9.15 Å². The van der Waals surface area contributed by atoms with Crippen molar-refractivity contribution in [1.29, 1.82) is 0 Å². The van der Waals surface area contributed by atoms with Crippen molar-refractivity contribution in [1.82, 2.24) is 0 Å². The van der Waals surface area contributed by atoms with E-state index in [2.05, 4.69) is 4.74 Å². The molecule has 4 nitrogen and oxygen atoms in total. The van der Waals surface area contributed by atoms with Crippen LogP contribution < -0.4 is 4.74 Å². The number of alkyl halides is 2. The number of ether oxygens (including phenoxy) is 2. The van der Waals surface area contributed by atoms with E-state index in [1.165, 1.54) is 30.5 Å². The first-order chi connectivity index (χ1) is 10.1. The van der Waals surface area contributed by atoms with Gasteiger partial charge in [-0.1, -0.05) is 12.1 Å². The van der Waals surface area contributed by atoms with Crippen molar-refractivity contribution in [3.8, 4) is 5.75 Å².